The first kappa shape index (κ1) is 31.2. The third-order valence-corrected chi connectivity index (χ3v) is 9.06. The second kappa shape index (κ2) is 13.3. The van der Waals surface area contributed by atoms with Crippen molar-refractivity contribution in [2.45, 2.75) is 56.8 Å². The predicted molar refractivity (Wildman–Crippen MR) is 180 cm³/mol. The van der Waals surface area contributed by atoms with E-state index in [1.54, 1.807) is 49.6 Å². The molecule has 2 aliphatic rings. The van der Waals surface area contributed by atoms with Crippen LogP contribution in [0.15, 0.2) is 97.1 Å². The molecule has 2 unspecified atom stereocenters. The van der Waals surface area contributed by atoms with Gasteiger partial charge in [-0.1, -0.05) is 73.3 Å². The zero-order valence-electron chi connectivity index (χ0n) is 25.9. The summed E-state index contributed by atoms with van der Waals surface area (Å²) in [6.07, 6.45) is 5.06. The number of fused-ring (bicyclic) bond motifs is 1. The molecule has 1 saturated carbocycles. The molecule has 236 valence electrons. The van der Waals surface area contributed by atoms with Gasteiger partial charge in [0.1, 0.15) is 17.5 Å². The number of rotatable bonds is 8. The molecule has 0 saturated heterocycles. The average Bonchev–Trinajstić information content (AvgIpc) is 3.07. The molecule has 4 aromatic rings. The first-order valence-electron chi connectivity index (χ1n) is 15.6. The van der Waals surface area contributed by atoms with Crippen LogP contribution < -0.4 is 25.6 Å². The van der Waals surface area contributed by atoms with Crippen molar-refractivity contribution in [3.05, 3.63) is 124 Å². The number of para-hydroxylation sites is 1. The third kappa shape index (κ3) is 6.44. The van der Waals surface area contributed by atoms with Crippen molar-refractivity contribution in [1.29, 1.82) is 0 Å². The lowest BCUT2D eigenvalue weighted by Gasteiger charge is -2.38. The van der Waals surface area contributed by atoms with Gasteiger partial charge in [0.2, 0.25) is 5.91 Å². The summed E-state index contributed by atoms with van der Waals surface area (Å²) in [7, 11) is 1.58. The molecule has 0 spiro atoms. The Morgan fingerprint density at radius 3 is 2.33 bits per heavy atom. The SMILES string of the molecule is COc1ccc(C(C(=O)NC2CCCCC2)N(C(=O)c2cccc(Cl)c2)c2ccc(C3(C)NC(=O)c4ccccc4N3)cc2)cc1. The zero-order valence-corrected chi connectivity index (χ0v) is 26.6. The summed E-state index contributed by atoms with van der Waals surface area (Å²) in [4.78, 5) is 43.3. The van der Waals surface area contributed by atoms with Crippen LogP contribution in [0.5, 0.6) is 5.75 Å². The molecule has 8 nitrogen and oxygen atoms in total. The molecule has 1 aliphatic carbocycles. The highest BCUT2D eigenvalue weighted by atomic mass is 35.5. The Morgan fingerprint density at radius 1 is 0.913 bits per heavy atom. The quantitative estimate of drug-likeness (QED) is 0.190. The molecule has 3 amide bonds. The average molecular weight is 637 g/mol. The van der Waals surface area contributed by atoms with Crippen molar-refractivity contribution in [3.63, 3.8) is 0 Å². The van der Waals surface area contributed by atoms with E-state index in [1.165, 1.54) is 4.90 Å². The molecule has 1 fully saturated rings. The standard InChI is InChI=1S/C37H37ClN4O4/c1-37(40-32-14-7-6-13-31(32)34(43)41-37)26-17-19-29(20-18-26)42(36(45)25-9-8-10-27(38)23-25)33(24-15-21-30(46-2)22-16-24)35(44)39-28-11-4-3-5-12-28/h6-10,13-23,28,33,40H,3-5,11-12H2,1-2H3,(H,39,44)(H,41,43). The number of amides is 3. The summed E-state index contributed by atoms with van der Waals surface area (Å²) >= 11 is 6.33. The van der Waals surface area contributed by atoms with Crippen LogP contribution >= 0.6 is 11.6 Å². The van der Waals surface area contributed by atoms with Gasteiger partial charge in [-0.15, -0.1) is 0 Å². The van der Waals surface area contributed by atoms with Crippen LogP contribution in [0.1, 0.15) is 76.9 Å². The number of nitrogens with zero attached hydrogens (tertiary/aromatic N) is 1. The van der Waals surface area contributed by atoms with Crippen LogP contribution in [0, 0.1) is 0 Å². The van der Waals surface area contributed by atoms with E-state index < -0.39 is 11.7 Å². The van der Waals surface area contributed by atoms with Gasteiger partial charge >= 0.3 is 0 Å². The molecule has 0 bridgehead atoms. The largest absolute Gasteiger partial charge is 0.497 e. The lowest BCUT2D eigenvalue weighted by molar-refractivity contribution is -0.123. The monoisotopic (exact) mass is 636 g/mol. The van der Waals surface area contributed by atoms with Gasteiger partial charge in [0.25, 0.3) is 11.8 Å². The highest BCUT2D eigenvalue weighted by Crippen LogP contribution is 2.35. The summed E-state index contributed by atoms with van der Waals surface area (Å²) in [6, 6.07) is 27.7. The molecule has 2 atom stereocenters. The van der Waals surface area contributed by atoms with Gasteiger partial charge in [0, 0.05) is 28.0 Å². The Kier molecular flexibility index (Phi) is 8.99. The van der Waals surface area contributed by atoms with Crippen LogP contribution in [0.2, 0.25) is 5.02 Å². The lowest BCUT2D eigenvalue weighted by atomic mass is 9.94. The van der Waals surface area contributed by atoms with Gasteiger partial charge in [-0.3, -0.25) is 19.3 Å². The second-order valence-corrected chi connectivity index (χ2v) is 12.4. The summed E-state index contributed by atoms with van der Waals surface area (Å²) in [5, 5.41) is 10.2. The Bertz CT molecular complexity index is 1740. The Balaban J connectivity index is 1.42. The minimum absolute atomic E-state index is 0.0383. The van der Waals surface area contributed by atoms with E-state index in [0.717, 1.165) is 43.4 Å². The van der Waals surface area contributed by atoms with Gasteiger partial charge < -0.3 is 20.7 Å². The van der Waals surface area contributed by atoms with E-state index in [2.05, 4.69) is 16.0 Å². The molecule has 1 aliphatic heterocycles. The van der Waals surface area contributed by atoms with Crippen LogP contribution in [-0.4, -0.2) is 30.9 Å². The van der Waals surface area contributed by atoms with Gasteiger partial charge in [0.05, 0.1) is 12.7 Å². The number of nitrogens with one attached hydrogen (secondary N) is 3. The topological polar surface area (TPSA) is 99.8 Å². The number of carbonyl (C=O) groups excluding carboxylic acids is 3. The fourth-order valence-corrected chi connectivity index (χ4v) is 6.55. The summed E-state index contributed by atoms with van der Waals surface area (Å²) < 4.78 is 5.38. The van der Waals surface area contributed by atoms with E-state index in [1.807, 2.05) is 61.5 Å². The van der Waals surface area contributed by atoms with Crippen LogP contribution in [0.4, 0.5) is 11.4 Å². The Hall–Kier alpha value is -4.82. The number of ether oxygens (including phenoxy) is 1. The zero-order chi connectivity index (χ0) is 32.3. The maximum atomic E-state index is 14.5. The van der Waals surface area contributed by atoms with Gasteiger partial charge in [-0.05, 0) is 85.5 Å². The van der Waals surface area contributed by atoms with Crippen molar-refractivity contribution in [1.82, 2.24) is 10.6 Å². The van der Waals surface area contributed by atoms with E-state index in [9.17, 15) is 14.4 Å². The fourth-order valence-electron chi connectivity index (χ4n) is 6.36. The number of halogens is 1. The number of carbonyl (C=O) groups is 3. The van der Waals surface area contributed by atoms with Crippen LogP contribution in [0.3, 0.4) is 0 Å². The highest BCUT2D eigenvalue weighted by molar-refractivity contribution is 6.31. The maximum Gasteiger partial charge on any atom is 0.259 e. The molecule has 46 heavy (non-hydrogen) atoms. The van der Waals surface area contributed by atoms with Gasteiger partial charge in [0.15, 0.2) is 0 Å². The maximum absolute atomic E-state index is 14.5. The van der Waals surface area contributed by atoms with Gasteiger partial charge in [-0.2, -0.15) is 0 Å². The number of methoxy groups -OCH3 is 1. The third-order valence-electron chi connectivity index (χ3n) is 8.82. The minimum atomic E-state index is -0.986. The molecule has 1 heterocycles. The molecular weight excluding hydrogens is 600 g/mol. The smallest absolute Gasteiger partial charge is 0.259 e. The molecular formula is C37H37ClN4O4. The van der Waals surface area contributed by atoms with Crippen molar-refractivity contribution in [3.8, 4) is 5.75 Å². The molecule has 9 heteroatoms. The van der Waals surface area contributed by atoms with Crippen molar-refractivity contribution < 1.29 is 19.1 Å². The van der Waals surface area contributed by atoms with E-state index in [4.69, 9.17) is 16.3 Å². The van der Waals surface area contributed by atoms with Crippen LogP contribution in [0.25, 0.3) is 0 Å². The predicted octanol–water partition coefficient (Wildman–Crippen LogP) is 7.21. The first-order valence-corrected chi connectivity index (χ1v) is 16.0. The minimum Gasteiger partial charge on any atom is -0.497 e. The van der Waals surface area contributed by atoms with Crippen molar-refractivity contribution in [2.75, 3.05) is 17.3 Å². The van der Waals surface area contributed by atoms with Crippen molar-refractivity contribution >= 4 is 40.7 Å². The number of hydrogen-bond acceptors (Lipinski definition) is 5. The second-order valence-electron chi connectivity index (χ2n) is 12.0. The first-order chi connectivity index (χ1) is 22.3. The summed E-state index contributed by atoms with van der Waals surface area (Å²) in [5.41, 5.74) is 2.68. The Morgan fingerprint density at radius 2 is 1.63 bits per heavy atom. The normalized spacial score (nSPS) is 18.4. The van der Waals surface area contributed by atoms with Crippen molar-refractivity contribution in [2.24, 2.45) is 0 Å². The van der Waals surface area contributed by atoms with Gasteiger partial charge in [-0.25, -0.2) is 0 Å². The number of hydrogen-bond donors (Lipinski definition) is 3. The Labute approximate surface area is 274 Å². The summed E-state index contributed by atoms with van der Waals surface area (Å²) in [6.45, 7) is 1.89. The molecule has 0 radical (unpaired) electrons. The molecule has 6 rings (SSSR count). The molecule has 3 N–H and O–H groups in total. The highest BCUT2D eigenvalue weighted by Gasteiger charge is 2.37. The number of benzene rings is 4. The van der Waals surface area contributed by atoms with E-state index >= 15 is 0 Å². The summed E-state index contributed by atoms with van der Waals surface area (Å²) in [5.74, 6) is -0.179. The number of anilines is 2. The fraction of sp³-hybridized carbons (Fsp3) is 0.270. The molecule has 0 aromatic heterocycles. The molecule has 4 aromatic carbocycles. The van der Waals surface area contributed by atoms with E-state index in [-0.39, 0.29) is 23.8 Å². The van der Waals surface area contributed by atoms with Crippen LogP contribution in [-0.2, 0) is 10.5 Å². The lowest BCUT2D eigenvalue weighted by Crippen LogP contribution is -2.52. The van der Waals surface area contributed by atoms with E-state index in [0.29, 0.717) is 33.1 Å².